The van der Waals surface area contributed by atoms with Gasteiger partial charge in [0.05, 0.1) is 18.9 Å². The number of halogens is 1. The predicted octanol–water partition coefficient (Wildman–Crippen LogP) is 7.00. The van der Waals surface area contributed by atoms with Crippen LogP contribution in [0.25, 0.3) is 16.7 Å². The summed E-state index contributed by atoms with van der Waals surface area (Å²) in [7, 11) is 1.60. The van der Waals surface area contributed by atoms with Crippen LogP contribution in [0.5, 0.6) is 11.5 Å². The highest BCUT2D eigenvalue weighted by molar-refractivity contribution is 9.10. The van der Waals surface area contributed by atoms with Crippen molar-refractivity contribution in [3.8, 4) is 17.2 Å². The van der Waals surface area contributed by atoms with Gasteiger partial charge in [0.2, 0.25) is 5.78 Å². The third-order valence-corrected chi connectivity index (χ3v) is 7.30. The van der Waals surface area contributed by atoms with Crippen molar-refractivity contribution >= 4 is 39.0 Å². The van der Waals surface area contributed by atoms with E-state index in [1.165, 1.54) is 0 Å². The number of aromatic nitrogens is 3. The van der Waals surface area contributed by atoms with E-state index in [1.807, 2.05) is 66.7 Å². The van der Waals surface area contributed by atoms with Crippen molar-refractivity contribution in [3.05, 3.63) is 135 Å². The van der Waals surface area contributed by atoms with Crippen LogP contribution >= 0.6 is 15.9 Å². The molecule has 0 bridgehead atoms. The number of nitrogens with zero attached hydrogens (tertiary/aromatic N) is 3. The average Bonchev–Trinajstić information content (AvgIpc) is 3.67. The first-order chi connectivity index (χ1) is 20.5. The van der Waals surface area contributed by atoms with E-state index in [1.54, 1.807) is 42.3 Å². The quantitative estimate of drug-likeness (QED) is 0.120. The van der Waals surface area contributed by atoms with E-state index in [4.69, 9.17) is 13.9 Å². The maximum atomic E-state index is 12.9. The van der Waals surface area contributed by atoms with Crippen molar-refractivity contribution in [1.29, 1.82) is 0 Å². The molecule has 8 nitrogen and oxygen atoms in total. The van der Waals surface area contributed by atoms with E-state index in [-0.39, 0.29) is 18.2 Å². The van der Waals surface area contributed by atoms with Gasteiger partial charge in [-0.25, -0.2) is 4.68 Å². The minimum atomic E-state index is -0.172. The number of benzene rings is 4. The van der Waals surface area contributed by atoms with Gasteiger partial charge in [-0.1, -0.05) is 45.4 Å². The number of aldehydes is 1. The lowest BCUT2D eigenvalue weighted by molar-refractivity contribution is 0.101. The average molecular weight is 622 g/mol. The van der Waals surface area contributed by atoms with Crippen molar-refractivity contribution in [2.75, 3.05) is 7.11 Å². The van der Waals surface area contributed by atoms with Gasteiger partial charge >= 0.3 is 0 Å². The Morgan fingerprint density at radius 3 is 2.55 bits per heavy atom. The molecular formula is C33H24BrN3O5. The van der Waals surface area contributed by atoms with E-state index in [0.717, 1.165) is 33.0 Å². The van der Waals surface area contributed by atoms with E-state index < -0.39 is 0 Å². The number of carbonyl (C=O) groups excluding carboxylic acids is 2. The Kier molecular flexibility index (Phi) is 7.66. The summed E-state index contributed by atoms with van der Waals surface area (Å²) in [6.07, 6.45) is 3.13. The van der Waals surface area contributed by atoms with Crippen LogP contribution in [0.2, 0.25) is 0 Å². The number of furan rings is 1. The molecule has 0 aliphatic carbocycles. The number of hydrogen-bond acceptors (Lipinski definition) is 7. The second-order valence-electron chi connectivity index (χ2n) is 9.60. The van der Waals surface area contributed by atoms with Gasteiger partial charge in [-0.2, -0.15) is 0 Å². The molecule has 6 aromatic rings. The number of methoxy groups -OCH3 is 1. The molecule has 2 aromatic heterocycles. The van der Waals surface area contributed by atoms with Crippen LogP contribution in [0.15, 0.2) is 106 Å². The highest BCUT2D eigenvalue weighted by Gasteiger charge is 2.15. The SMILES string of the molecule is COc1ccccc1-n1cc(COc2ccc(Cc3ccc4oc(C(=O)c5ccc(Br)cc5)cc4c3)cc2C=O)nn1. The third-order valence-electron chi connectivity index (χ3n) is 6.77. The fourth-order valence-electron chi connectivity index (χ4n) is 4.68. The van der Waals surface area contributed by atoms with Gasteiger partial charge in [-0.05, 0) is 84.3 Å². The zero-order valence-electron chi connectivity index (χ0n) is 22.5. The van der Waals surface area contributed by atoms with Crippen molar-refractivity contribution in [2.45, 2.75) is 13.0 Å². The fraction of sp³-hybridized carbons (Fsp3) is 0.0909. The summed E-state index contributed by atoms with van der Waals surface area (Å²) >= 11 is 3.39. The van der Waals surface area contributed by atoms with Crippen LogP contribution in [0, 0.1) is 0 Å². The Hall–Kier alpha value is -5.02. The van der Waals surface area contributed by atoms with Crippen molar-refractivity contribution in [3.63, 3.8) is 0 Å². The molecule has 0 amide bonds. The Balaban J connectivity index is 1.14. The highest BCUT2D eigenvalue weighted by Crippen LogP contribution is 2.27. The molecule has 9 heteroatoms. The van der Waals surface area contributed by atoms with Crippen LogP contribution in [0.4, 0.5) is 0 Å². The van der Waals surface area contributed by atoms with Crippen LogP contribution < -0.4 is 9.47 Å². The van der Waals surface area contributed by atoms with Gasteiger partial charge in [0.15, 0.2) is 12.0 Å². The van der Waals surface area contributed by atoms with E-state index in [0.29, 0.717) is 40.3 Å². The number of carbonyl (C=O) groups is 2. The maximum absolute atomic E-state index is 12.9. The summed E-state index contributed by atoms with van der Waals surface area (Å²) in [5.74, 6) is 1.25. The van der Waals surface area contributed by atoms with Crippen molar-refractivity contribution in [1.82, 2.24) is 15.0 Å². The zero-order chi connectivity index (χ0) is 29.1. The molecule has 4 aromatic carbocycles. The summed E-state index contributed by atoms with van der Waals surface area (Å²) in [6, 6.07) is 27.8. The molecule has 6 rings (SSSR count). The lowest BCUT2D eigenvalue weighted by Gasteiger charge is -2.09. The highest BCUT2D eigenvalue weighted by atomic mass is 79.9. The summed E-state index contributed by atoms with van der Waals surface area (Å²) in [5, 5.41) is 9.19. The Bertz CT molecular complexity index is 1910. The maximum Gasteiger partial charge on any atom is 0.228 e. The fourth-order valence-corrected chi connectivity index (χ4v) is 4.94. The molecule has 0 aliphatic heterocycles. The predicted molar refractivity (Wildman–Crippen MR) is 161 cm³/mol. The Morgan fingerprint density at radius 2 is 1.74 bits per heavy atom. The molecular weight excluding hydrogens is 598 g/mol. The molecule has 0 saturated carbocycles. The van der Waals surface area contributed by atoms with Gasteiger partial charge in [0.1, 0.15) is 35.1 Å². The Labute approximate surface area is 249 Å². The first-order valence-corrected chi connectivity index (χ1v) is 13.9. The first-order valence-electron chi connectivity index (χ1n) is 13.1. The van der Waals surface area contributed by atoms with E-state index >= 15 is 0 Å². The van der Waals surface area contributed by atoms with Gasteiger partial charge in [0.25, 0.3) is 0 Å². The van der Waals surface area contributed by atoms with Gasteiger partial charge < -0.3 is 13.9 Å². The second-order valence-corrected chi connectivity index (χ2v) is 10.5. The first kappa shape index (κ1) is 27.2. The van der Waals surface area contributed by atoms with Crippen LogP contribution in [0.3, 0.4) is 0 Å². The van der Waals surface area contributed by atoms with E-state index in [2.05, 4.69) is 26.2 Å². The molecule has 0 saturated heterocycles. The molecule has 0 N–H and O–H groups in total. The molecule has 208 valence electrons. The topological polar surface area (TPSA) is 96.5 Å². The lowest BCUT2D eigenvalue weighted by Crippen LogP contribution is -2.00. The number of rotatable bonds is 10. The van der Waals surface area contributed by atoms with Crippen LogP contribution in [0.1, 0.15) is 43.3 Å². The standard InChI is InChI=1S/C33H24BrN3O5/c1-40-31-5-3-2-4-28(31)37-18-27(35-36-37)20-41-29-12-6-22(16-25(29)19-38)14-21-7-13-30-24(15-21)17-32(42-30)33(39)23-8-10-26(34)11-9-23/h2-13,15-19H,14,20H2,1H3. The molecule has 2 heterocycles. The molecule has 0 unspecified atom stereocenters. The molecule has 0 fully saturated rings. The minimum Gasteiger partial charge on any atom is -0.494 e. The zero-order valence-corrected chi connectivity index (χ0v) is 24.1. The molecule has 0 aliphatic rings. The summed E-state index contributed by atoms with van der Waals surface area (Å²) in [6.45, 7) is 0.147. The number of ether oxygens (including phenoxy) is 2. The molecule has 42 heavy (non-hydrogen) atoms. The number of para-hydroxylation sites is 2. The van der Waals surface area contributed by atoms with Gasteiger partial charge in [0, 0.05) is 15.4 Å². The van der Waals surface area contributed by atoms with Crippen LogP contribution in [-0.2, 0) is 13.0 Å². The molecule has 0 spiro atoms. The van der Waals surface area contributed by atoms with Crippen molar-refractivity contribution in [2.24, 2.45) is 0 Å². The third kappa shape index (κ3) is 5.73. The smallest absolute Gasteiger partial charge is 0.228 e. The minimum absolute atomic E-state index is 0.147. The number of ketones is 1. The summed E-state index contributed by atoms with van der Waals surface area (Å²) < 4.78 is 19.7. The molecule has 0 radical (unpaired) electrons. The molecule has 0 atom stereocenters. The number of hydrogen-bond donors (Lipinski definition) is 0. The summed E-state index contributed by atoms with van der Waals surface area (Å²) in [4.78, 5) is 24.8. The van der Waals surface area contributed by atoms with Crippen LogP contribution in [-0.4, -0.2) is 34.2 Å². The lowest BCUT2D eigenvalue weighted by atomic mass is 10.0. The van der Waals surface area contributed by atoms with Crippen molar-refractivity contribution < 1.29 is 23.5 Å². The largest absolute Gasteiger partial charge is 0.494 e. The monoisotopic (exact) mass is 621 g/mol. The van der Waals surface area contributed by atoms with Gasteiger partial charge in [-0.15, -0.1) is 5.10 Å². The van der Waals surface area contributed by atoms with E-state index in [9.17, 15) is 9.59 Å². The second kappa shape index (κ2) is 11.8. The normalized spacial score (nSPS) is 11.0. The number of fused-ring (bicyclic) bond motifs is 1. The van der Waals surface area contributed by atoms with Gasteiger partial charge in [-0.3, -0.25) is 9.59 Å². The summed E-state index contributed by atoms with van der Waals surface area (Å²) in [5.41, 5.74) is 4.97. The Morgan fingerprint density at radius 1 is 0.952 bits per heavy atom.